The molecule has 0 nitrogen and oxygen atoms in total. The minimum atomic E-state index is 0.356. The first-order valence-corrected chi connectivity index (χ1v) is 8.52. The molecule has 0 radical (unpaired) electrons. The van der Waals surface area contributed by atoms with E-state index in [2.05, 4.69) is 51.1 Å². The van der Waals surface area contributed by atoms with Crippen LogP contribution in [0.3, 0.4) is 0 Å². The molecule has 0 aromatic heterocycles. The van der Waals surface area contributed by atoms with Crippen LogP contribution in [0, 0.1) is 0 Å². The van der Waals surface area contributed by atoms with Crippen LogP contribution in [-0.4, -0.2) is 0 Å². The van der Waals surface area contributed by atoms with E-state index in [1.165, 1.54) is 50.5 Å². The second-order valence-electron chi connectivity index (χ2n) is 6.26. The highest BCUT2D eigenvalue weighted by atomic mass is 14.4. The number of unbranched alkanes of at least 4 members (excludes halogenated alkanes) is 1. The molecule has 0 amide bonds. The van der Waals surface area contributed by atoms with Crippen molar-refractivity contribution in [2.75, 3.05) is 0 Å². The molecule has 1 aromatic carbocycles. The summed E-state index contributed by atoms with van der Waals surface area (Å²) in [4.78, 5) is 0. The van der Waals surface area contributed by atoms with Gasteiger partial charge in [-0.05, 0) is 50.2 Å². The van der Waals surface area contributed by atoms with Gasteiger partial charge in [0.2, 0.25) is 0 Å². The van der Waals surface area contributed by atoms with Gasteiger partial charge in [0.15, 0.2) is 0 Å². The Hall–Kier alpha value is -1.04. The van der Waals surface area contributed by atoms with Crippen molar-refractivity contribution in [1.29, 1.82) is 0 Å². The third kappa shape index (κ3) is 3.00. The van der Waals surface area contributed by atoms with Crippen molar-refractivity contribution in [1.82, 2.24) is 0 Å². The summed E-state index contributed by atoms with van der Waals surface area (Å²) < 4.78 is 0. The van der Waals surface area contributed by atoms with Crippen LogP contribution in [-0.2, 0) is 11.8 Å². The first-order valence-electron chi connectivity index (χ1n) is 8.52. The molecule has 0 spiro atoms. The molecule has 1 aromatic rings. The number of aryl methyl sites for hydroxylation is 1. The molecule has 1 aliphatic carbocycles. The standard InChI is InChI=1S/C20H30/c1-4-7-12-18(6-3)20(14-8-9-15-20)19-13-10-11-17(5-2)16-19/h6,10-11,13,16H,4-5,7-9,12,14-15H2,1-3H3/b18-6+. The summed E-state index contributed by atoms with van der Waals surface area (Å²) in [7, 11) is 0. The van der Waals surface area contributed by atoms with Gasteiger partial charge in [-0.1, -0.05) is 69.0 Å². The molecule has 1 fully saturated rings. The van der Waals surface area contributed by atoms with Crippen molar-refractivity contribution in [2.45, 2.75) is 77.6 Å². The Morgan fingerprint density at radius 2 is 1.95 bits per heavy atom. The zero-order valence-electron chi connectivity index (χ0n) is 13.5. The lowest BCUT2D eigenvalue weighted by atomic mass is 9.70. The molecule has 0 atom stereocenters. The van der Waals surface area contributed by atoms with Gasteiger partial charge < -0.3 is 0 Å². The number of rotatable bonds is 6. The van der Waals surface area contributed by atoms with Crippen LogP contribution < -0.4 is 0 Å². The molecule has 0 bridgehead atoms. The maximum Gasteiger partial charge on any atom is 0.0161 e. The van der Waals surface area contributed by atoms with Crippen LogP contribution in [0.4, 0.5) is 0 Å². The molecular weight excluding hydrogens is 240 g/mol. The quantitative estimate of drug-likeness (QED) is 0.540. The van der Waals surface area contributed by atoms with E-state index in [-0.39, 0.29) is 0 Å². The van der Waals surface area contributed by atoms with Crippen LogP contribution in [0.1, 0.15) is 76.8 Å². The maximum absolute atomic E-state index is 2.47. The maximum atomic E-state index is 2.47. The van der Waals surface area contributed by atoms with Crippen molar-refractivity contribution in [3.05, 3.63) is 47.0 Å². The fraction of sp³-hybridized carbons (Fsp3) is 0.600. The fourth-order valence-electron chi connectivity index (χ4n) is 3.89. The number of allylic oxidation sites excluding steroid dienone is 2. The summed E-state index contributed by atoms with van der Waals surface area (Å²) in [5.41, 5.74) is 5.12. The Kier molecular flexibility index (Phi) is 5.46. The summed E-state index contributed by atoms with van der Waals surface area (Å²) >= 11 is 0. The zero-order chi connectivity index (χ0) is 14.4. The van der Waals surface area contributed by atoms with Crippen molar-refractivity contribution in [3.8, 4) is 0 Å². The van der Waals surface area contributed by atoms with Gasteiger partial charge in [-0.25, -0.2) is 0 Å². The first-order chi connectivity index (χ1) is 9.76. The predicted octanol–water partition coefficient (Wildman–Crippen LogP) is 6.20. The van der Waals surface area contributed by atoms with E-state index >= 15 is 0 Å². The fourth-order valence-corrected chi connectivity index (χ4v) is 3.89. The van der Waals surface area contributed by atoms with Gasteiger partial charge in [0, 0.05) is 5.41 Å². The molecule has 0 N–H and O–H groups in total. The highest BCUT2D eigenvalue weighted by Crippen LogP contribution is 2.48. The molecule has 0 aliphatic heterocycles. The predicted molar refractivity (Wildman–Crippen MR) is 89.2 cm³/mol. The van der Waals surface area contributed by atoms with E-state index < -0.39 is 0 Å². The Labute approximate surface area is 125 Å². The normalized spacial score (nSPS) is 18.4. The second kappa shape index (κ2) is 7.11. The molecule has 0 saturated heterocycles. The molecule has 1 aliphatic rings. The smallest absolute Gasteiger partial charge is 0.0161 e. The molecular formula is C20H30. The van der Waals surface area contributed by atoms with E-state index in [0.717, 1.165) is 6.42 Å². The van der Waals surface area contributed by atoms with Crippen LogP contribution in [0.15, 0.2) is 35.9 Å². The van der Waals surface area contributed by atoms with E-state index in [1.807, 2.05) is 0 Å². The lowest BCUT2D eigenvalue weighted by Gasteiger charge is -2.33. The third-order valence-electron chi connectivity index (χ3n) is 5.11. The topological polar surface area (TPSA) is 0 Å². The molecule has 0 heteroatoms. The van der Waals surface area contributed by atoms with E-state index in [0.29, 0.717) is 5.41 Å². The SMILES string of the molecule is C/C=C(\CCCC)C1(c2cccc(CC)c2)CCCC1. The van der Waals surface area contributed by atoms with E-state index in [1.54, 1.807) is 11.1 Å². The summed E-state index contributed by atoms with van der Waals surface area (Å²) in [6.07, 6.45) is 12.9. The van der Waals surface area contributed by atoms with Crippen molar-refractivity contribution in [2.24, 2.45) is 0 Å². The van der Waals surface area contributed by atoms with Gasteiger partial charge >= 0.3 is 0 Å². The second-order valence-corrected chi connectivity index (χ2v) is 6.26. The number of hydrogen-bond donors (Lipinski definition) is 0. The summed E-state index contributed by atoms with van der Waals surface area (Å²) in [5.74, 6) is 0. The largest absolute Gasteiger partial charge is 0.0876 e. The highest BCUT2D eigenvalue weighted by Gasteiger charge is 2.38. The van der Waals surface area contributed by atoms with E-state index in [4.69, 9.17) is 0 Å². The minimum Gasteiger partial charge on any atom is -0.0876 e. The Balaban J connectivity index is 2.37. The van der Waals surface area contributed by atoms with Crippen LogP contribution in [0.25, 0.3) is 0 Å². The summed E-state index contributed by atoms with van der Waals surface area (Å²) in [5, 5.41) is 0. The van der Waals surface area contributed by atoms with Crippen LogP contribution in [0.2, 0.25) is 0 Å². The van der Waals surface area contributed by atoms with Gasteiger partial charge in [-0.15, -0.1) is 0 Å². The molecule has 0 unspecified atom stereocenters. The molecule has 2 rings (SSSR count). The summed E-state index contributed by atoms with van der Waals surface area (Å²) in [6, 6.07) is 9.38. The summed E-state index contributed by atoms with van der Waals surface area (Å²) in [6.45, 7) is 6.80. The van der Waals surface area contributed by atoms with Gasteiger partial charge in [-0.3, -0.25) is 0 Å². The molecule has 1 saturated carbocycles. The first kappa shape index (κ1) is 15.4. The molecule has 110 valence electrons. The Morgan fingerprint density at radius 3 is 2.55 bits per heavy atom. The van der Waals surface area contributed by atoms with Crippen molar-refractivity contribution in [3.63, 3.8) is 0 Å². The van der Waals surface area contributed by atoms with Gasteiger partial charge in [0.1, 0.15) is 0 Å². The number of benzene rings is 1. The Bertz CT molecular complexity index is 447. The zero-order valence-corrected chi connectivity index (χ0v) is 13.5. The van der Waals surface area contributed by atoms with Gasteiger partial charge in [0.25, 0.3) is 0 Å². The monoisotopic (exact) mass is 270 g/mol. The van der Waals surface area contributed by atoms with Crippen LogP contribution >= 0.6 is 0 Å². The van der Waals surface area contributed by atoms with Crippen LogP contribution in [0.5, 0.6) is 0 Å². The molecule has 20 heavy (non-hydrogen) atoms. The average molecular weight is 270 g/mol. The minimum absolute atomic E-state index is 0.356. The van der Waals surface area contributed by atoms with Gasteiger partial charge in [0.05, 0.1) is 0 Å². The highest BCUT2D eigenvalue weighted by molar-refractivity contribution is 5.39. The number of hydrogen-bond acceptors (Lipinski definition) is 0. The Morgan fingerprint density at radius 1 is 1.20 bits per heavy atom. The lowest BCUT2D eigenvalue weighted by Crippen LogP contribution is -2.25. The molecule has 0 heterocycles. The third-order valence-corrected chi connectivity index (χ3v) is 5.11. The average Bonchev–Trinajstić information content (AvgIpc) is 2.99. The van der Waals surface area contributed by atoms with Gasteiger partial charge in [-0.2, -0.15) is 0 Å². The van der Waals surface area contributed by atoms with Crippen molar-refractivity contribution >= 4 is 0 Å². The van der Waals surface area contributed by atoms with E-state index in [9.17, 15) is 0 Å². The van der Waals surface area contributed by atoms with Crippen molar-refractivity contribution < 1.29 is 0 Å². The lowest BCUT2D eigenvalue weighted by molar-refractivity contribution is 0.493.